The molecule has 0 radical (unpaired) electrons. The van der Waals surface area contributed by atoms with E-state index < -0.39 is 0 Å². The van der Waals surface area contributed by atoms with Gasteiger partial charge in [0.1, 0.15) is 0 Å². The summed E-state index contributed by atoms with van der Waals surface area (Å²) in [6, 6.07) is 5.87. The lowest BCUT2D eigenvalue weighted by Crippen LogP contribution is -2.22. The van der Waals surface area contributed by atoms with Gasteiger partial charge in [-0.2, -0.15) is 0 Å². The van der Waals surface area contributed by atoms with Crippen molar-refractivity contribution >= 4 is 10.9 Å². The molecule has 0 amide bonds. The zero-order valence-electron chi connectivity index (χ0n) is 9.19. The highest BCUT2D eigenvalue weighted by Gasteiger charge is 2.05. The van der Waals surface area contributed by atoms with Crippen molar-refractivity contribution in [3.63, 3.8) is 0 Å². The van der Waals surface area contributed by atoms with E-state index in [0.29, 0.717) is 5.39 Å². The summed E-state index contributed by atoms with van der Waals surface area (Å²) in [7, 11) is 0. The van der Waals surface area contributed by atoms with Crippen molar-refractivity contribution in [3.05, 3.63) is 40.4 Å². The van der Waals surface area contributed by atoms with Gasteiger partial charge >= 0.3 is 0 Å². The van der Waals surface area contributed by atoms with E-state index in [1.807, 2.05) is 39.0 Å². The summed E-state index contributed by atoms with van der Waals surface area (Å²) < 4.78 is 1.65. The lowest BCUT2D eigenvalue weighted by molar-refractivity contribution is 0.573. The summed E-state index contributed by atoms with van der Waals surface area (Å²) in [4.78, 5) is 16.3. The molecule has 0 fully saturated rings. The van der Waals surface area contributed by atoms with Crippen LogP contribution in [0.1, 0.15) is 25.5 Å². The largest absolute Gasteiger partial charge is 0.296 e. The molecule has 0 unspecified atom stereocenters. The summed E-state index contributed by atoms with van der Waals surface area (Å²) in [6.45, 7) is 5.95. The Balaban J connectivity index is 2.80. The minimum atomic E-state index is 0.0370. The molecule has 0 aliphatic heterocycles. The van der Waals surface area contributed by atoms with Gasteiger partial charge in [-0.1, -0.05) is 6.07 Å². The lowest BCUT2D eigenvalue weighted by atomic mass is 10.2. The molecule has 0 N–H and O–H groups in total. The van der Waals surface area contributed by atoms with Gasteiger partial charge in [0.25, 0.3) is 5.56 Å². The van der Waals surface area contributed by atoms with Crippen molar-refractivity contribution < 1.29 is 0 Å². The zero-order valence-corrected chi connectivity index (χ0v) is 9.19. The van der Waals surface area contributed by atoms with E-state index in [1.165, 1.54) is 0 Å². The molecule has 2 aromatic rings. The van der Waals surface area contributed by atoms with Crippen LogP contribution in [0, 0.1) is 6.92 Å². The number of fused-ring (bicyclic) bond motifs is 1. The Labute approximate surface area is 88.4 Å². The summed E-state index contributed by atoms with van der Waals surface area (Å²) in [6.07, 6.45) is 1.62. The third kappa shape index (κ3) is 1.65. The molecule has 3 nitrogen and oxygen atoms in total. The lowest BCUT2D eigenvalue weighted by Gasteiger charge is -2.09. The van der Waals surface area contributed by atoms with E-state index in [2.05, 4.69) is 4.98 Å². The van der Waals surface area contributed by atoms with Crippen molar-refractivity contribution in [2.24, 2.45) is 0 Å². The van der Waals surface area contributed by atoms with Crippen LogP contribution in [0.4, 0.5) is 0 Å². The molecule has 0 bridgehead atoms. The molecule has 0 atom stereocenters. The Morgan fingerprint density at radius 3 is 2.73 bits per heavy atom. The fourth-order valence-electron chi connectivity index (χ4n) is 1.61. The molecule has 0 saturated heterocycles. The maximum atomic E-state index is 12.0. The van der Waals surface area contributed by atoms with Crippen LogP contribution in [0.15, 0.2) is 29.3 Å². The van der Waals surface area contributed by atoms with Gasteiger partial charge in [-0.15, -0.1) is 0 Å². The van der Waals surface area contributed by atoms with E-state index in [4.69, 9.17) is 0 Å². The molecule has 1 aromatic heterocycles. The Hall–Kier alpha value is -1.64. The average molecular weight is 202 g/mol. The Bertz CT molecular complexity index is 555. The maximum absolute atomic E-state index is 12.0. The molecule has 1 aromatic carbocycles. The van der Waals surface area contributed by atoms with Gasteiger partial charge in [0.05, 0.1) is 17.2 Å². The van der Waals surface area contributed by atoms with Crippen LogP contribution in [0.25, 0.3) is 10.9 Å². The van der Waals surface area contributed by atoms with Gasteiger partial charge in [0.15, 0.2) is 0 Å². The van der Waals surface area contributed by atoms with Crippen molar-refractivity contribution in [2.75, 3.05) is 0 Å². The first-order valence-corrected chi connectivity index (χ1v) is 5.07. The van der Waals surface area contributed by atoms with Gasteiger partial charge in [0.2, 0.25) is 0 Å². The number of hydrogen-bond acceptors (Lipinski definition) is 2. The maximum Gasteiger partial charge on any atom is 0.261 e. The second-order valence-electron chi connectivity index (χ2n) is 4.07. The molecule has 2 rings (SSSR count). The molecule has 78 valence electrons. The highest BCUT2D eigenvalue weighted by Crippen LogP contribution is 2.10. The van der Waals surface area contributed by atoms with Gasteiger partial charge < -0.3 is 0 Å². The van der Waals surface area contributed by atoms with Gasteiger partial charge in [-0.05, 0) is 38.5 Å². The van der Waals surface area contributed by atoms with Crippen LogP contribution < -0.4 is 5.56 Å². The quantitative estimate of drug-likeness (QED) is 0.711. The van der Waals surface area contributed by atoms with Gasteiger partial charge in [-0.3, -0.25) is 9.36 Å². The van der Waals surface area contributed by atoms with Crippen LogP contribution >= 0.6 is 0 Å². The van der Waals surface area contributed by atoms with Crippen LogP contribution in [-0.2, 0) is 0 Å². The van der Waals surface area contributed by atoms with Crippen molar-refractivity contribution in [1.82, 2.24) is 9.55 Å². The van der Waals surface area contributed by atoms with Crippen LogP contribution in [-0.4, -0.2) is 9.55 Å². The third-order valence-corrected chi connectivity index (χ3v) is 2.50. The summed E-state index contributed by atoms with van der Waals surface area (Å²) in [5.41, 5.74) is 1.93. The first kappa shape index (κ1) is 9.90. The summed E-state index contributed by atoms with van der Waals surface area (Å²) in [5, 5.41) is 0.691. The molecule has 1 heterocycles. The predicted octanol–water partition coefficient (Wildman–Crippen LogP) is 2.29. The SMILES string of the molecule is Cc1ccc2c(=O)n(C(C)C)cnc2c1. The van der Waals surface area contributed by atoms with Gasteiger partial charge in [-0.25, -0.2) is 4.98 Å². The highest BCUT2D eigenvalue weighted by atomic mass is 16.1. The zero-order chi connectivity index (χ0) is 11.0. The molecule has 3 heteroatoms. The monoisotopic (exact) mass is 202 g/mol. The second kappa shape index (κ2) is 3.50. The predicted molar refractivity (Wildman–Crippen MR) is 61.1 cm³/mol. The fraction of sp³-hybridized carbons (Fsp3) is 0.333. The first-order chi connectivity index (χ1) is 7.09. The molecule has 0 saturated carbocycles. The summed E-state index contributed by atoms with van der Waals surface area (Å²) >= 11 is 0. The van der Waals surface area contributed by atoms with E-state index >= 15 is 0 Å². The molecule has 0 aliphatic carbocycles. The topological polar surface area (TPSA) is 34.9 Å². The normalized spacial score (nSPS) is 11.2. The number of benzene rings is 1. The highest BCUT2D eigenvalue weighted by molar-refractivity contribution is 5.77. The van der Waals surface area contributed by atoms with E-state index in [0.717, 1.165) is 11.1 Å². The van der Waals surface area contributed by atoms with Crippen molar-refractivity contribution in [1.29, 1.82) is 0 Å². The smallest absolute Gasteiger partial charge is 0.261 e. The Kier molecular flexibility index (Phi) is 2.31. The van der Waals surface area contributed by atoms with Crippen LogP contribution in [0.2, 0.25) is 0 Å². The standard InChI is InChI=1S/C12H14N2O/c1-8(2)14-7-13-11-6-9(3)4-5-10(11)12(14)15/h4-8H,1-3H3. The first-order valence-electron chi connectivity index (χ1n) is 5.07. The Morgan fingerprint density at radius 2 is 2.07 bits per heavy atom. The van der Waals surface area contributed by atoms with Crippen LogP contribution in [0.3, 0.4) is 0 Å². The Morgan fingerprint density at radius 1 is 1.33 bits per heavy atom. The molecular formula is C12H14N2O. The van der Waals surface area contributed by atoms with Crippen molar-refractivity contribution in [3.8, 4) is 0 Å². The number of aromatic nitrogens is 2. The van der Waals surface area contributed by atoms with Gasteiger partial charge in [0, 0.05) is 6.04 Å². The van der Waals surface area contributed by atoms with Crippen molar-refractivity contribution in [2.45, 2.75) is 26.8 Å². The minimum Gasteiger partial charge on any atom is -0.296 e. The van der Waals surface area contributed by atoms with E-state index in [9.17, 15) is 4.79 Å². The van der Waals surface area contributed by atoms with Crippen LogP contribution in [0.5, 0.6) is 0 Å². The number of aryl methyl sites for hydroxylation is 1. The summed E-state index contributed by atoms with van der Waals surface area (Å²) in [5.74, 6) is 0. The molecule has 0 spiro atoms. The minimum absolute atomic E-state index is 0.0370. The third-order valence-electron chi connectivity index (χ3n) is 2.50. The second-order valence-corrected chi connectivity index (χ2v) is 4.07. The average Bonchev–Trinajstić information content (AvgIpc) is 2.17. The fourth-order valence-corrected chi connectivity index (χ4v) is 1.61. The molecule has 15 heavy (non-hydrogen) atoms. The number of hydrogen-bond donors (Lipinski definition) is 0. The number of nitrogens with zero attached hydrogens (tertiary/aromatic N) is 2. The van der Waals surface area contributed by atoms with E-state index in [-0.39, 0.29) is 11.6 Å². The molecular weight excluding hydrogens is 188 g/mol. The molecule has 0 aliphatic rings. The van der Waals surface area contributed by atoms with E-state index in [1.54, 1.807) is 10.9 Å². The number of rotatable bonds is 1.